The number of methoxy groups -OCH3 is 1. The SMILES string of the molecule is CCCCNC(=O)O/N=C(/c1ccc2c(c1)c1cc([N+](=O)[O-])ccc1n2CC)c1ccc(OC(C)COC)cc1C. The molecule has 1 amide bonds. The number of nitro groups is 1. The van der Waals surface area contributed by atoms with Crippen LogP contribution in [0.4, 0.5) is 10.5 Å². The summed E-state index contributed by atoms with van der Waals surface area (Å²) in [4.78, 5) is 28.9. The van der Waals surface area contributed by atoms with Crippen LogP contribution in [0.3, 0.4) is 0 Å². The summed E-state index contributed by atoms with van der Waals surface area (Å²) in [6, 6.07) is 16.4. The Kier molecular flexibility index (Phi) is 9.57. The van der Waals surface area contributed by atoms with E-state index in [9.17, 15) is 14.9 Å². The molecule has 1 heterocycles. The van der Waals surface area contributed by atoms with Crippen LogP contribution in [0.5, 0.6) is 5.75 Å². The minimum Gasteiger partial charge on any atom is -0.488 e. The summed E-state index contributed by atoms with van der Waals surface area (Å²) in [5.74, 6) is 0.683. The van der Waals surface area contributed by atoms with E-state index in [2.05, 4.69) is 15.0 Å². The number of benzene rings is 3. The number of oxime groups is 1. The number of hydrogen-bond acceptors (Lipinski definition) is 7. The molecule has 216 valence electrons. The van der Waals surface area contributed by atoms with Crippen molar-refractivity contribution in [2.45, 2.75) is 53.2 Å². The molecule has 1 atom stereocenters. The lowest BCUT2D eigenvalue weighted by molar-refractivity contribution is -0.384. The maximum atomic E-state index is 12.4. The number of ether oxygens (including phenoxy) is 2. The zero-order valence-electron chi connectivity index (χ0n) is 24.1. The standard InChI is InChI=1S/C31H36N4O6/c1-6-8-15-32-31(36)41-33-30(25-12-11-24(16-20(25)3)40-21(4)19-39-5)22-9-13-28-26(17-22)27-18-23(35(37)38)10-14-29(27)34(28)7-2/h9-14,16-18,21H,6-8,15,19H2,1-5H3,(H,32,36)/b33-30-. The summed E-state index contributed by atoms with van der Waals surface area (Å²) < 4.78 is 13.3. The number of unbranched alkanes of at least 4 members (excludes halogenated alkanes) is 1. The molecule has 10 nitrogen and oxygen atoms in total. The molecule has 41 heavy (non-hydrogen) atoms. The van der Waals surface area contributed by atoms with Crippen LogP contribution in [0.25, 0.3) is 21.8 Å². The van der Waals surface area contributed by atoms with Crippen molar-refractivity contribution < 1.29 is 24.0 Å². The zero-order chi connectivity index (χ0) is 29.5. The van der Waals surface area contributed by atoms with Gasteiger partial charge in [0.1, 0.15) is 17.6 Å². The van der Waals surface area contributed by atoms with Crippen molar-refractivity contribution in [3.8, 4) is 5.75 Å². The molecule has 4 rings (SSSR count). The van der Waals surface area contributed by atoms with Crippen LogP contribution in [0.2, 0.25) is 0 Å². The molecule has 0 aliphatic rings. The minimum atomic E-state index is -0.638. The number of nitro benzene ring substituents is 1. The van der Waals surface area contributed by atoms with Crippen molar-refractivity contribution in [2.24, 2.45) is 5.16 Å². The van der Waals surface area contributed by atoms with Gasteiger partial charge in [-0.25, -0.2) is 4.79 Å². The van der Waals surface area contributed by atoms with Crippen LogP contribution < -0.4 is 10.1 Å². The Hall–Kier alpha value is -4.44. The molecule has 10 heteroatoms. The van der Waals surface area contributed by atoms with Crippen LogP contribution in [0.15, 0.2) is 59.8 Å². The Balaban J connectivity index is 1.82. The Labute approximate surface area is 239 Å². The van der Waals surface area contributed by atoms with E-state index in [1.54, 1.807) is 19.2 Å². The van der Waals surface area contributed by atoms with E-state index < -0.39 is 11.0 Å². The molecule has 0 fully saturated rings. The lowest BCUT2D eigenvalue weighted by atomic mass is 9.96. The van der Waals surface area contributed by atoms with Crippen molar-refractivity contribution in [3.63, 3.8) is 0 Å². The summed E-state index contributed by atoms with van der Waals surface area (Å²) in [5, 5.41) is 20.2. The number of carbonyl (C=O) groups is 1. The first kappa shape index (κ1) is 29.5. The molecular formula is C31H36N4O6. The Morgan fingerprint density at radius 1 is 1.07 bits per heavy atom. The van der Waals surface area contributed by atoms with Gasteiger partial charge >= 0.3 is 6.09 Å². The fourth-order valence-electron chi connectivity index (χ4n) is 4.91. The molecule has 0 saturated carbocycles. The van der Waals surface area contributed by atoms with E-state index in [4.69, 9.17) is 14.3 Å². The third kappa shape index (κ3) is 6.66. The van der Waals surface area contributed by atoms with E-state index in [1.807, 2.05) is 64.1 Å². The third-order valence-electron chi connectivity index (χ3n) is 6.86. The number of aromatic nitrogens is 1. The maximum Gasteiger partial charge on any atom is 0.433 e. The first-order valence-electron chi connectivity index (χ1n) is 13.8. The largest absolute Gasteiger partial charge is 0.488 e. The van der Waals surface area contributed by atoms with Gasteiger partial charge in [0.05, 0.1) is 11.5 Å². The fourth-order valence-corrected chi connectivity index (χ4v) is 4.91. The number of non-ortho nitro benzene ring substituents is 1. The number of rotatable bonds is 12. The summed E-state index contributed by atoms with van der Waals surface area (Å²) in [7, 11) is 1.63. The zero-order valence-corrected chi connectivity index (χ0v) is 24.1. The number of fused-ring (bicyclic) bond motifs is 3. The van der Waals surface area contributed by atoms with Crippen molar-refractivity contribution >= 4 is 39.3 Å². The minimum absolute atomic E-state index is 0.0214. The number of amides is 1. The molecule has 1 aromatic heterocycles. The smallest absolute Gasteiger partial charge is 0.433 e. The van der Waals surface area contributed by atoms with Gasteiger partial charge in [-0.1, -0.05) is 24.6 Å². The molecule has 3 aromatic carbocycles. The first-order chi connectivity index (χ1) is 19.8. The highest BCUT2D eigenvalue weighted by atomic mass is 16.7. The van der Waals surface area contributed by atoms with Crippen LogP contribution in [0, 0.1) is 17.0 Å². The molecule has 0 radical (unpaired) electrons. The van der Waals surface area contributed by atoms with Crippen LogP contribution in [0.1, 0.15) is 50.3 Å². The number of aryl methyl sites for hydroxylation is 2. The quantitative estimate of drug-likeness (QED) is 0.0675. The van der Waals surface area contributed by atoms with Crippen LogP contribution in [-0.2, 0) is 16.1 Å². The van der Waals surface area contributed by atoms with Crippen molar-refractivity contribution in [1.29, 1.82) is 0 Å². The third-order valence-corrected chi connectivity index (χ3v) is 6.86. The van der Waals surface area contributed by atoms with Gasteiger partial charge < -0.3 is 19.4 Å². The average molecular weight is 561 g/mol. The van der Waals surface area contributed by atoms with Gasteiger partial charge in [0, 0.05) is 65.3 Å². The lowest BCUT2D eigenvalue weighted by Crippen LogP contribution is -2.24. The second-order valence-electron chi connectivity index (χ2n) is 9.89. The Bertz CT molecular complexity index is 1590. The highest BCUT2D eigenvalue weighted by Crippen LogP contribution is 2.33. The van der Waals surface area contributed by atoms with Gasteiger partial charge in [-0.15, -0.1) is 0 Å². The Morgan fingerprint density at radius 2 is 1.80 bits per heavy atom. The second-order valence-corrected chi connectivity index (χ2v) is 9.89. The van der Waals surface area contributed by atoms with Gasteiger partial charge in [-0.2, -0.15) is 0 Å². The summed E-state index contributed by atoms with van der Waals surface area (Å²) in [6.45, 7) is 9.58. The highest BCUT2D eigenvalue weighted by Gasteiger charge is 2.19. The van der Waals surface area contributed by atoms with Gasteiger partial charge in [-0.05, 0) is 69.2 Å². The van der Waals surface area contributed by atoms with Crippen LogP contribution in [-0.4, -0.2) is 47.7 Å². The van der Waals surface area contributed by atoms with Crippen LogP contribution >= 0.6 is 0 Å². The molecule has 0 aliphatic carbocycles. The summed E-state index contributed by atoms with van der Waals surface area (Å²) >= 11 is 0. The van der Waals surface area contributed by atoms with Gasteiger partial charge in [-0.3, -0.25) is 15.0 Å². The van der Waals surface area contributed by atoms with E-state index in [-0.39, 0.29) is 11.8 Å². The molecule has 0 aliphatic heterocycles. The molecule has 0 bridgehead atoms. The summed E-state index contributed by atoms with van der Waals surface area (Å²) in [6.07, 6.45) is 1.00. The lowest BCUT2D eigenvalue weighted by Gasteiger charge is -2.16. The monoisotopic (exact) mass is 560 g/mol. The van der Waals surface area contributed by atoms with E-state index in [0.717, 1.165) is 45.8 Å². The maximum absolute atomic E-state index is 12.4. The predicted octanol–water partition coefficient (Wildman–Crippen LogP) is 6.72. The Morgan fingerprint density at radius 3 is 2.46 bits per heavy atom. The van der Waals surface area contributed by atoms with E-state index in [1.165, 1.54) is 6.07 Å². The summed E-state index contributed by atoms with van der Waals surface area (Å²) in [5.41, 5.74) is 4.64. The average Bonchev–Trinajstić information content (AvgIpc) is 3.26. The van der Waals surface area contributed by atoms with Gasteiger partial charge in [0.25, 0.3) is 5.69 Å². The molecular weight excluding hydrogens is 524 g/mol. The van der Waals surface area contributed by atoms with Crippen molar-refractivity contribution in [1.82, 2.24) is 9.88 Å². The van der Waals surface area contributed by atoms with Crippen molar-refractivity contribution in [2.75, 3.05) is 20.3 Å². The van der Waals surface area contributed by atoms with E-state index >= 15 is 0 Å². The van der Waals surface area contributed by atoms with E-state index in [0.29, 0.717) is 36.7 Å². The first-order valence-corrected chi connectivity index (χ1v) is 13.8. The van der Waals surface area contributed by atoms with Gasteiger partial charge in [0.15, 0.2) is 0 Å². The normalized spacial score (nSPS) is 12.5. The molecule has 1 N–H and O–H groups in total. The van der Waals surface area contributed by atoms with Crippen molar-refractivity contribution in [3.05, 3.63) is 81.4 Å². The molecule has 0 saturated heterocycles. The number of nitrogens with one attached hydrogen (secondary N) is 1. The predicted molar refractivity (Wildman–Crippen MR) is 160 cm³/mol. The molecule has 4 aromatic rings. The number of carbonyl (C=O) groups excluding carboxylic acids is 1. The topological polar surface area (TPSA) is 117 Å². The van der Waals surface area contributed by atoms with Gasteiger partial charge in [0.2, 0.25) is 0 Å². The second kappa shape index (κ2) is 13.3. The number of hydrogen-bond donors (Lipinski definition) is 1. The highest BCUT2D eigenvalue weighted by molar-refractivity contribution is 6.17. The molecule has 0 spiro atoms. The molecule has 1 unspecified atom stereocenters. The fraction of sp³-hybridized carbons (Fsp3) is 0.355. The number of nitrogens with zero attached hydrogens (tertiary/aromatic N) is 3.